The SMILES string of the molecule is C[C@@H]1CC[C@H](C)CC2(C=C(Br)NO2)C1. The highest BCUT2D eigenvalue weighted by Gasteiger charge is 2.39. The van der Waals surface area contributed by atoms with E-state index in [0.29, 0.717) is 0 Å². The maximum Gasteiger partial charge on any atom is 0.117 e. The number of hydrogen-bond acceptors (Lipinski definition) is 2. The minimum Gasteiger partial charge on any atom is -0.265 e. The number of nitrogens with one attached hydrogen (secondary N) is 1. The third-order valence-electron chi connectivity index (χ3n) is 3.28. The minimum atomic E-state index is -0.0475. The molecule has 1 spiro atoms. The first-order chi connectivity index (χ1) is 6.60. The Morgan fingerprint density at radius 1 is 1.36 bits per heavy atom. The van der Waals surface area contributed by atoms with E-state index in [-0.39, 0.29) is 5.60 Å². The summed E-state index contributed by atoms with van der Waals surface area (Å²) in [6, 6.07) is 0. The van der Waals surface area contributed by atoms with Crippen molar-refractivity contribution in [2.24, 2.45) is 11.8 Å². The summed E-state index contributed by atoms with van der Waals surface area (Å²) in [6.45, 7) is 4.65. The van der Waals surface area contributed by atoms with E-state index in [0.717, 1.165) is 29.3 Å². The standard InChI is InChI=1S/C11H18BrNO/c1-8-3-4-9(2)6-11(5-8)7-10(12)13-14-11/h7-9,13H,3-6H2,1-2H3/t8-,9+,11?. The molecule has 0 saturated heterocycles. The lowest BCUT2D eigenvalue weighted by Gasteiger charge is -2.27. The summed E-state index contributed by atoms with van der Waals surface area (Å²) in [4.78, 5) is 5.73. The fourth-order valence-corrected chi connectivity index (χ4v) is 3.18. The number of halogens is 1. The van der Waals surface area contributed by atoms with Crippen molar-refractivity contribution in [3.63, 3.8) is 0 Å². The average molecular weight is 260 g/mol. The number of rotatable bonds is 0. The van der Waals surface area contributed by atoms with Crippen molar-refractivity contribution < 1.29 is 4.84 Å². The Bertz CT molecular complexity index is 240. The lowest BCUT2D eigenvalue weighted by atomic mass is 9.88. The van der Waals surface area contributed by atoms with Crippen LogP contribution in [0.15, 0.2) is 10.7 Å². The molecule has 1 heterocycles. The van der Waals surface area contributed by atoms with Gasteiger partial charge in [-0.15, -0.1) is 0 Å². The van der Waals surface area contributed by atoms with Gasteiger partial charge >= 0.3 is 0 Å². The smallest absolute Gasteiger partial charge is 0.117 e. The predicted molar refractivity (Wildman–Crippen MR) is 60.8 cm³/mol. The third-order valence-corrected chi connectivity index (χ3v) is 3.67. The first kappa shape index (κ1) is 10.5. The highest BCUT2D eigenvalue weighted by Crippen LogP contribution is 2.40. The number of hydrogen-bond donors (Lipinski definition) is 1. The van der Waals surface area contributed by atoms with Crippen LogP contribution in [0.25, 0.3) is 0 Å². The zero-order valence-corrected chi connectivity index (χ0v) is 10.4. The highest BCUT2D eigenvalue weighted by atomic mass is 79.9. The van der Waals surface area contributed by atoms with Gasteiger partial charge in [0, 0.05) is 0 Å². The molecule has 3 heteroatoms. The second-order valence-corrected chi connectivity index (χ2v) is 5.81. The quantitative estimate of drug-likeness (QED) is 0.674. The minimum absolute atomic E-state index is 0.0475. The summed E-state index contributed by atoms with van der Waals surface area (Å²) in [5.74, 6) is 1.52. The monoisotopic (exact) mass is 259 g/mol. The molecule has 1 saturated carbocycles. The first-order valence-corrected chi connectivity index (χ1v) is 6.21. The average Bonchev–Trinajstić information content (AvgIpc) is 2.36. The summed E-state index contributed by atoms with van der Waals surface area (Å²) in [5, 5.41) is 0. The van der Waals surface area contributed by atoms with E-state index in [1.807, 2.05) is 0 Å². The molecule has 1 aliphatic heterocycles. The van der Waals surface area contributed by atoms with Gasteiger partial charge in [-0.2, -0.15) is 0 Å². The summed E-state index contributed by atoms with van der Waals surface area (Å²) in [5.41, 5.74) is 2.88. The normalized spacial score (nSPS) is 43.2. The van der Waals surface area contributed by atoms with Crippen LogP contribution in [0, 0.1) is 11.8 Å². The van der Waals surface area contributed by atoms with Crippen LogP contribution in [0.3, 0.4) is 0 Å². The van der Waals surface area contributed by atoms with Gasteiger partial charge in [0.2, 0.25) is 0 Å². The molecule has 2 rings (SSSR count). The van der Waals surface area contributed by atoms with Crippen LogP contribution in [-0.2, 0) is 4.84 Å². The molecule has 0 aromatic rings. The van der Waals surface area contributed by atoms with Gasteiger partial charge in [-0.3, -0.25) is 10.3 Å². The molecule has 3 atom stereocenters. The molecule has 1 fully saturated rings. The molecule has 0 radical (unpaired) electrons. The predicted octanol–water partition coefficient (Wildman–Crippen LogP) is 3.34. The molecule has 1 N–H and O–H groups in total. The zero-order valence-electron chi connectivity index (χ0n) is 8.85. The topological polar surface area (TPSA) is 21.3 Å². The Labute approximate surface area is 94.2 Å². The highest BCUT2D eigenvalue weighted by molar-refractivity contribution is 9.11. The van der Waals surface area contributed by atoms with E-state index in [1.165, 1.54) is 12.8 Å². The van der Waals surface area contributed by atoms with Crippen LogP contribution in [0.4, 0.5) is 0 Å². The van der Waals surface area contributed by atoms with Crippen molar-refractivity contribution in [3.8, 4) is 0 Å². The molecule has 0 bridgehead atoms. The van der Waals surface area contributed by atoms with Crippen molar-refractivity contribution in [1.29, 1.82) is 0 Å². The van der Waals surface area contributed by atoms with Crippen LogP contribution in [0.5, 0.6) is 0 Å². The van der Waals surface area contributed by atoms with Gasteiger partial charge in [0.05, 0.1) is 0 Å². The Balaban J connectivity index is 2.16. The first-order valence-electron chi connectivity index (χ1n) is 5.42. The van der Waals surface area contributed by atoms with Crippen LogP contribution >= 0.6 is 15.9 Å². The fourth-order valence-electron chi connectivity index (χ4n) is 2.68. The molecule has 0 aromatic carbocycles. The van der Waals surface area contributed by atoms with E-state index in [1.54, 1.807) is 0 Å². The summed E-state index contributed by atoms with van der Waals surface area (Å²) in [7, 11) is 0. The Morgan fingerprint density at radius 3 is 2.36 bits per heavy atom. The van der Waals surface area contributed by atoms with Crippen LogP contribution in [-0.4, -0.2) is 5.60 Å². The molecule has 0 aromatic heterocycles. The molecular weight excluding hydrogens is 242 g/mol. The lowest BCUT2D eigenvalue weighted by Crippen LogP contribution is -2.32. The second kappa shape index (κ2) is 3.86. The summed E-state index contributed by atoms with van der Waals surface area (Å²) < 4.78 is 0.985. The van der Waals surface area contributed by atoms with Gasteiger partial charge in [-0.1, -0.05) is 26.7 Å². The molecule has 0 amide bonds. The molecule has 1 aliphatic carbocycles. The maximum absolute atomic E-state index is 5.73. The van der Waals surface area contributed by atoms with E-state index < -0.39 is 0 Å². The van der Waals surface area contributed by atoms with Gasteiger partial charge in [-0.05, 0) is 46.7 Å². The molecule has 2 nitrogen and oxygen atoms in total. The van der Waals surface area contributed by atoms with Gasteiger partial charge < -0.3 is 0 Å². The third kappa shape index (κ3) is 2.14. The van der Waals surface area contributed by atoms with Crippen molar-refractivity contribution in [2.75, 3.05) is 0 Å². The van der Waals surface area contributed by atoms with Gasteiger partial charge in [0.1, 0.15) is 10.2 Å². The molecule has 2 aliphatic rings. The maximum atomic E-state index is 5.73. The largest absolute Gasteiger partial charge is 0.265 e. The van der Waals surface area contributed by atoms with E-state index >= 15 is 0 Å². The fraction of sp³-hybridized carbons (Fsp3) is 0.818. The lowest BCUT2D eigenvalue weighted by molar-refractivity contribution is -0.0574. The zero-order chi connectivity index (χ0) is 10.2. The van der Waals surface area contributed by atoms with E-state index in [2.05, 4.69) is 41.3 Å². The van der Waals surface area contributed by atoms with Gasteiger partial charge in [0.15, 0.2) is 0 Å². The molecular formula is C11H18BrNO. The van der Waals surface area contributed by atoms with Crippen LogP contribution in [0.1, 0.15) is 39.5 Å². The molecule has 80 valence electrons. The second-order valence-electron chi connectivity index (χ2n) is 4.96. The molecule has 14 heavy (non-hydrogen) atoms. The van der Waals surface area contributed by atoms with Gasteiger partial charge in [0.25, 0.3) is 0 Å². The van der Waals surface area contributed by atoms with Crippen molar-refractivity contribution in [1.82, 2.24) is 5.48 Å². The summed E-state index contributed by atoms with van der Waals surface area (Å²) in [6.07, 6.45) is 7.14. The van der Waals surface area contributed by atoms with Crippen molar-refractivity contribution in [3.05, 3.63) is 10.7 Å². The van der Waals surface area contributed by atoms with Crippen LogP contribution < -0.4 is 5.48 Å². The Hall–Kier alpha value is -0.0200. The molecule has 1 unspecified atom stereocenters. The summed E-state index contributed by atoms with van der Waals surface area (Å²) >= 11 is 3.44. The van der Waals surface area contributed by atoms with Gasteiger partial charge in [-0.25, -0.2) is 0 Å². The Morgan fingerprint density at radius 2 is 1.93 bits per heavy atom. The van der Waals surface area contributed by atoms with Crippen molar-refractivity contribution >= 4 is 15.9 Å². The van der Waals surface area contributed by atoms with E-state index in [4.69, 9.17) is 4.84 Å². The Kier molecular flexibility index (Phi) is 2.89. The van der Waals surface area contributed by atoms with Crippen LogP contribution in [0.2, 0.25) is 0 Å². The number of hydroxylamine groups is 1. The van der Waals surface area contributed by atoms with E-state index in [9.17, 15) is 0 Å². The van der Waals surface area contributed by atoms with Crippen molar-refractivity contribution in [2.45, 2.75) is 45.1 Å².